The largest absolute Gasteiger partial charge is 0.304 e. The smallest absolute Gasteiger partial charge is 0.208 e. The van der Waals surface area contributed by atoms with Gasteiger partial charge in [-0.15, -0.1) is 11.8 Å². The summed E-state index contributed by atoms with van der Waals surface area (Å²) < 4.78 is 26.7. The number of nitrogens with zero attached hydrogens (tertiary/aromatic N) is 3. The van der Waals surface area contributed by atoms with Gasteiger partial charge < -0.3 is 4.90 Å². The summed E-state index contributed by atoms with van der Waals surface area (Å²) in [5, 5.41) is 1.07. The molecule has 0 fully saturated rings. The summed E-state index contributed by atoms with van der Waals surface area (Å²) in [5.41, 5.74) is 2.03. The third-order valence-corrected chi connectivity index (χ3v) is 4.51. The van der Waals surface area contributed by atoms with Crippen molar-refractivity contribution in [1.29, 1.82) is 0 Å². The Labute approximate surface area is 129 Å². The minimum absolute atomic E-state index is 0.414. The van der Waals surface area contributed by atoms with E-state index < -0.39 is 10.0 Å². The molecule has 0 unspecified atom stereocenters. The molecule has 0 aromatic carbocycles. The topological polar surface area (TPSA) is 66.7 Å². The van der Waals surface area contributed by atoms with E-state index in [2.05, 4.69) is 19.0 Å². The number of pyridine rings is 1. The first-order valence-corrected chi connectivity index (χ1v) is 9.42. The minimum Gasteiger partial charge on any atom is -0.304 e. The summed E-state index contributed by atoms with van der Waals surface area (Å²) in [5.74, 6) is 0.672. The number of imidazole rings is 1. The highest BCUT2D eigenvalue weighted by molar-refractivity contribution is 7.99. The molecule has 8 heteroatoms. The summed E-state index contributed by atoms with van der Waals surface area (Å²) in [6.45, 7) is 1.22. The molecule has 0 radical (unpaired) electrons. The molecule has 0 saturated carbocycles. The fraction of sp³-hybridized carbons (Fsp3) is 0.462. The minimum atomic E-state index is -3.12. The summed E-state index contributed by atoms with van der Waals surface area (Å²) in [7, 11) is 0.915. The van der Waals surface area contributed by atoms with Crippen molar-refractivity contribution in [1.82, 2.24) is 19.0 Å². The molecule has 0 atom stereocenters. The third-order valence-electron chi connectivity index (χ3n) is 2.76. The molecule has 0 amide bonds. The van der Waals surface area contributed by atoms with Crippen LogP contribution in [-0.2, 0) is 16.6 Å². The molecule has 2 aromatic rings. The van der Waals surface area contributed by atoms with Crippen LogP contribution in [0.2, 0.25) is 0 Å². The fourth-order valence-corrected chi connectivity index (χ4v) is 3.53. The normalized spacial score (nSPS) is 12.4. The quantitative estimate of drug-likeness (QED) is 0.607. The van der Waals surface area contributed by atoms with Crippen LogP contribution in [0.3, 0.4) is 0 Å². The Morgan fingerprint density at radius 2 is 2.14 bits per heavy atom. The number of hydrogen-bond acceptors (Lipinski definition) is 5. The Morgan fingerprint density at radius 3 is 2.81 bits per heavy atom. The summed E-state index contributed by atoms with van der Waals surface area (Å²) in [6, 6.07) is 5.96. The molecule has 0 aliphatic rings. The van der Waals surface area contributed by atoms with Crippen molar-refractivity contribution in [3.63, 3.8) is 0 Å². The number of aromatic nitrogens is 2. The van der Waals surface area contributed by atoms with Crippen LogP contribution in [0.15, 0.2) is 29.4 Å². The van der Waals surface area contributed by atoms with Crippen molar-refractivity contribution in [3.05, 3.63) is 30.1 Å². The first kappa shape index (κ1) is 16.3. The lowest BCUT2D eigenvalue weighted by molar-refractivity contribution is 0.394. The molecule has 2 aromatic heterocycles. The van der Waals surface area contributed by atoms with E-state index in [0.29, 0.717) is 12.3 Å². The maximum atomic E-state index is 11.0. The van der Waals surface area contributed by atoms with E-state index in [1.807, 2.05) is 38.5 Å². The van der Waals surface area contributed by atoms with Gasteiger partial charge in [-0.25, -0.2) is 18.1 Å². The molecule has 6 nitrogen and oxygen atoms in total. The van der Waals surface area contributed by atoms with E-state index in [1.54, 1.807) is 11.8 Å². The van der Waals surface area contributed by atoms with Gasteiger partial charge in [0.1, 0.15) is 5.65 Å². The van der Waals surface area contributed by atoms with E-state index >= 15 is 0 Å². The number of nitrogens with one attached hydrogen (secondary N) is 1. The Kier molecular flexibility index (Phi) is 5.26. The van der Waals surface area contributed by atoms with Gasteiger partial charge in [-0.3, -0.25) is 4.40 Å². The van der Waals surface area contributed by atoms with Gasteiger partial charge in [0.05, 0.1) is 23.2 Å². The lowest BCUT2D eigenvalue weighted by atomic mass is 10.4. The second-order valence-electron chi connectivity index (χ2n) is 5.06. The van der Waals surface area contributed by atoms with Crippen LogP contribution in [-0.4, -0.2) is 55.4 Å². The molecule has 0 aliphatic heterocycles. The van der Waals surface area contributed by atoms with Crippen LogP contribution < -0.4 is 4.72 Å². The summed E-state index contributed by atoms with van der Waals surface area (Å²) >= 11 is 1.61. The van der Waals surface area contributed by atoms with E-state index in [-0.39, 0.29) is 0 Å². The van der Waals surface area contributed by atoms with Crippen LogP contribution in [0.1, 0.15) is 5.69 Å². The van der Waals surface area contributed by atoms with Gasteiger partial charge in [-0.05, 0) is 26.2 Å². The Morgan fingerprint density at radius 1 is 1.38 bits per heavy atom. The van der Waals surface area contributed by atoms with Crippen molar-refractivity contribution in [2.45, 2.75) is 11.6 Å². The van der Waals surface area contributed by atoms with E-state index in [9.17, 15) is 8.42 Å². The molecule has 0 aliphatic carbocycles. The average Bonchev–Trinajstić information content (AvgIpc) is 2.77. The number of hydrogen-bond donors (Lipinski definition) is 1. The van der Waals surface area contributed by atoms with Crippen molar-refractivity contribution in [3.8, 4) is 0 Å². The highest BCUT2D eigenvalue weighted by Gasteiger charge is 2.09. The van der Waals surface area contributed by atoms with Crippen molar-refractivity contribution < 1.29 is 8.42 Å². The number of sulfonamides is 1. The van der Waals surface area contributed by atoms with Crippen LogP contribution in [0.25, 0.3) is 5.65 Å². The lowest BCUT2D eigenvalue weighted by Crippen LogP contribution is -2.24. The van der Waals surface area contributed by atoms with E-state index in [1.165, 1.54) is 6.26 Å². The maximum absolute atomic E-state index is 11.0. The van der Waals surface area contributed by atoms with Crippen LogP contribution in [0, 0.1) is 0 Å². The number of rotatable bonds is 7. The van der Waals surface area contributed by atoms with E-state index in [0.717, 1.165) is 22.9 Å². The maximum Gasteiger partial charge on any atom is 0.208 e. The molecular formula is C13H20N4O2S2. The molecular weight excluding hydrogens is 308 g/mol. The zero-order valence-electron chi connectivity index (χ0n) is 12.4. The standard InChI is InChI=1S/C13H20N4O2S2/c1-16(2)10-11-9-14-12-5-4-6-13(17(11)12)20-8-7-15-21(3,18)19/h4-6,9,15H,7-8,10H2,1-3H3. The van der Waals surface area contributed by atoms with Gasteiger partial charge in [-0.2, -0.15) is 0 Å². The number of fused-ring (bicyclic) bond motifs is 1. The molecule has 116 valence electrons. The molecule has 21 heavy (non-hydrogen) atoms. The van der Waals surface area contributed by atoms with Crippen molar-refractivity contribution in [2.24, 2.45) is 0 Å². The van der Waals surface area contributed by atoms with Gasteiger partial charge in [0, 0.05) is 18.8 Å². The van der Waals surface area contributed by atoms with Gasteiger partial charge in [0.15, 0.2) is 0 Å². The Hall–Kier alpha value is -1.09. The zero-order valence-corrected chi connectivity index (χ0v) is 14.0. The molecule has 0 spiro atoms. The third kappa shape index (κ3) is 4.70. The Balaban J connectivity index is 2.13. The Bertz CT molecular complexity index is 710. The lowest BCUT2D eigenvalue weighted by Gasteiger charge is -2.12. The van der Waals surface area contributed by atoms with Gasteiger partial charge in [0.2, 0.25) is 10.0 Å². The van der Waals surface area contributed by atoms with Crippen molar-refractivity contribution >= 4 is 27.4 Å². The highest BCUT2D eigenvalue weighted by Crippen LogP contribution is 2.21. The second kappa shape index (κ2) is 6.78. The highest BCUT2D eigenvalue weighted by atomic mass is 32.2. The predicted octanol–water partition coefficient (Wildman–Crippen LogP) is 1.04. The molecule has 0 saturated heterocycles. The van der Waals surface area contributed by atoms with Crippen molar-refractivity contribution in [2.75, 3.05) is 32.6 Å². The second-order valence-corrected chi connectivity index (χ2v) is 8.01. The van der Waals surface area contributed by atoms with Crippen LogP contribution >= 0.6 is 11.8 Å². The monoisotopic (exact) mass is 328 g/mol. The summed E-state index contributed by atoms with van der Waals surface area (Å²) in [6.07, 6.45) is 3.05. The molecule has 0 bridgehead atoms. The average molecular weight is 328 g/mol. The SMILES string of the molecule is CN(C)Cc1cnc2cccc(SCCNS(C)(=O)=O)n12. The zero-order chi connectivity index (χ0) is 15.5. The molecule has 2 rings (SSSR count). The summed E-state index contributed by atoms with van der Waals surface area (Å²) in [4.78, 5) is 6.50. The molecule has 2 heterocycles. The van der Waals surface area contributed by atoms with Crippen LogP contribution in [0.4, 0.5) is 0 Å². The first-order chi connectivity index (χ1) is 9.87. The van der Waals surface area contributed by atoms with E-state index in [4.69, 9.17) is 0 Å². The fourth-order valence-electron chi connectivity index (χ4n) is 2.00. The van der Waals surface area contributed by atoms with Gasteiger partial charge in [-0.1, -0.05) is 6.07 Å². The first-order valence-electron chi connectivity index (χ1n) is 6.54. The van der Waals surface area contributed by atoms with Crippen LogP contribution in [0.5, 0.6) is 0 Å². The number of thioether (sulfide) groups is 1. The predicted molar refractivity (Wildman–Crippen MR) is 86.2 cm³/mol. The molecule has 1 N–H and O–H groups in total. The van der Waals surface area contributed by atoms with Gasteiger partial charge in [0.25, 0.3) is 0 Å². The van der Waals surface area contributed by atoms with Gasteiger partial charge >= 0.3 is 0 Å².